The molecule has 0 saturated carbocycles. The molecule has 0 spiro atoms. The number of hydrogen-bond donors (Lipinski definition) is 2. The summed E-state index contributed by atoms with van der Waals surface area (Å²) < 4.78 is 2.04. The molecule has 18 heavy (non-hydrogen) atoms. The van der Waals surface area contributed by atoms with Gasteiger partial charge in [0.25, 0.3) is 0 Å². The summed E-state index contributed by atoms with van der Waals surface area (Å²) in [7, 11) is 0. The first-order valence-corrected chi connectivity index (χ1v) is 6.14. The third-order valence-corrected chi connectivity index (χ3v) is 3.28. The molecule has 0 aliphatic carbocycles. The van der Waals surface area contributed by atoms with E-state index in [0.717, 1.165) is 17.3 Å². The Bertz CT molecular complexity index is 537. The van der Waals surface area contributed by atoms with Gasteiger partial charge in [0, 0.05) is 12.2 Å². The van der Waals surface area contributed by atoms with Gasteiger partial charge >= 0.3 is 0 Å². The molecule has 1 aliphatic rings. The number of para-hydroxylation sites is 1. The Labute approximate surface area is 105 Å². The minimum Gasteiger partial charge on any atom is -0.392 e. The van der Waals surface area contributed by atoms with Crippen molar-refractivity contribution in [2.24, 2.45) is 0 Å². The third kappa shape index (κ3) is 1.91. The first-order chi connectivity index (χ1) is 8.75. The second-order valence-corrected chi connectivity index (χ2v) is 4.63. The molecule has 1 aromatic carbocycles. The Morgan fingerprint density at radius 2 is 2.06 bits per heavy atom. The second kappa shape index (κ2) is 4.51. The zero-order chi connectivity index (χ0) is 12.5. The van der Waals surface area contributed by atoms with Crippen LogP contribution in [0.2, 0.25) is 0 Å². The van der Waals surface area contributed by atoms with Crippen molar-refractivity contribution in [3.8, 4) is 5.69 Å². The molecule has 1 aliphatic heterocycles. The van der Waals surface area contributed by atoms with E-state index in [1.54, 1.807) is 0 Å². The van der Waals surface area contributed by atoms with E-state index in [1.807, 2.05) is 41.8 Å². The highest BCUT2D eigenvalue weighted by atomic mass is 16.3. The maximum atomic E-state index is 9.61. The van der Waals surface area contributed by atoms with E-state index in [0.29, 0.717) is 13.0 Å². The van der Waals surface area contributed by atoms with Crippen molar-refractivity contribution in [2.45, 2.75) is 25.5 Å². The standard InChI is InChI=1S/C13H16N4O/c1-9-15-16-13(12-7-11(18)8-14-12)17(9)10-5-3-2-4-6-10/h2-6,11-12,14,18H,7-8H2,1H3/t11?,12-/m0/s1. The monoisotopic (exact) mass is 244 g/mol. The van der Waals surface area contributed by atoms with E-state index in [9.17, 15) is 5.11 Å². The summed E-state index contributed by atoms with van der Waals surface area (Å²) in [5, 5.41) is 21.3. The number of nitrogens with zero attached hydrogens (tertiary/aromatic N) is 3. The summed E-state index contributed by atoms with van der Waals surface area (Å²) in [6.07, 6.45) is 0.390. The normalized spacial score (nSPS) is 23.4. The number of rotatable bonds is 2. The van der Waals surface area contributed by atoms with Crippen molar-refractivity contribution in [1.29, 1.82) is 0 Å². The zero-order valence-electron chi connectivity index (χ0n) is 10.2. The molecule has 2 aromatic rings. The summed E-state index contributed by atoms with van der Waals surface area (Å²) in [6, 6.07) is 10.1. The highest BCUT2D eigenvalue weighted by molar-refractivity contribution is 5.34. The van der Waals surface area contributed by atoms with Gasteiger partial charge in [0.15, 0.2) is 5.82 Å². The number of aliphatic hydroxyl groups excluding tert-OH is 1. The van der Waals surface area contributed by atoms with Crippen molar-refractivity contribution >= 4 is 0 Å². The third-order valence-electron chi connectivity index (χ3n) is 3.28. The molecular weight excluding hydrogens is 228 g/mol. The Morgan fingerprint density at radius 3 is 2.72 bits per heavy atom. The van der Waals surface area contributed by atoms with Crippen molar-refractivity contribution in [1.82, 2.24) is 20.1 Å². The van der Waals surface area contributed by atoms with Gasteiger partial charge < -0.3 is 10.4 Å². The van der Waals surface area contributed by atoms with Crippen LogP contribution in [-0.4, -0.2) is 32.5 Å². The van der Waals surface area contributed by atoms with Gasteiger partial charge in [-0.2, -0.15) is 0 Å². The summed E-state index contributed by atoms with van der Waals surface area (Å²) in [5.41, 5.74) is 1.05. The van der Waals surface area contributed by atoms with Crippen molar-refractivity contribution in [3.05, 3.63) is 42.0 Å². The zero-order valence-corrected chi connectivity index (χ0v) is 10.2. The average molecular weight is 244 g/mol. The molecule has 1 unspecified atom stereocenters. The highest BCUT2D eigenvalue weighted by Crippen LogP contribution is 2.24. The SMILES string of the molecule is Cc1nnc([C@@H]2CC(O)CN2)n1-c1ccccc1. The quantitative estimate of drug-likeness (QED) is 0.826. The summed E-state index contributed by atoms with van der Waals surface area (Å²) in [6.45, 7) is 2.56. The number of benzene rings is 1. The molecule has 2 heterocycles. The lowest BCUT2D eigenvalue weighted by atomic mass is 10.2. The first-order valence-electron chi connectivity index (χ1n) is 6.14. The molecule has 2 atom stereocenters. The Kier molecular flexibility index (Phi) is 2.85. The van der Waals surface area contributed by atoms with E-state index in [-0.39, 0.29) is 12.1 Å². The van der Waals surface area contributed by atoms with Gasteiger partial charge in [-0.1, -0.05) is 18.2 Å². The topological polar surface area (TPSA) is 63.0 Å². The molecule has 0 amide bonds. The molecular formula is C13H16N4O. The van der Waals surface area contributed by atoms with Crippen LogP contribution in [0, 0.1) is 6.92 Å². The summed E-state index contributed by atoms with van der Waals surface area (Å²) in [4.78, 5) is 0. The average Bonchev–Trinajstić information content (AvgIpc) is 2.96. The lowest BCUT2D eigenvalue weighted by molar-refractivity contribution is 0.193. The van der Waals surface area contributed by atoms with Gasteiger partial charge in [-0.15, -0.1) is 10.2 Å². The molecule has 5 heteroatoms. The smallest absolute Gasteiger partial charge is 0.154 e. The number of aliphatic hydroxyl groups is 1. The van der Waals surface area contributed by atoms with Crippen LogP contribution in [0.1, 0.15) is 24.1 Å². The van der Waals surface area contributed by atoms with E-state index >= 15 is 0 Å². The van der Waals surface area contributed by atoms with E-state index < -0.39 is 0 Å². The molecule has 94 valence electrons. The molecule has 5 nitrogen and oxygen atoms in total. The largest absolute Gasteiger partial charge is 0.392 e. The van der Waals surface area contributed by atoms with Crippen LogP contribution in [0.4, 0.5) is 0 Å². The van der Waals surface area contributed by atoms with Gasteiger partial charge in [0.2, 0.25) is 0 Å². The van der Waals surface area contributed by atoms with Crippen LogP contribution in [0.25, 0.3) is 5.69 Å². The van der Waals surface area contributed by atoms with E-state index in [2.05, 4.69) is 15.5 Å². The Hall–Kier alpha value is -1.72. The van der Waals surface area contributed by atoms with Gasteiger partial charge in [-0.3, -0.25) is 4.57 Å². The fourth-order valence-corrected chi connectivity index (χ4v) is 2.41. The van der Waals surface area contributed by atoms with Crippen LogP contribution in [0.3, 0.4) is 0 Å². The van der Waals surface area contributed by atoms with Crippen molar-refractivity contribution in [2.75, 3.05) is 6.54 Å². The highest BCUT2D eigenvalue weighted by Gasteiger charge is 2.28. The van der Waals surface area contributed by atoms with Crippen LogP contribution >= 0.6 is 0 Å². The van der Waals surface area contributed by atoms with Gasteiger partial charge in [-0.05, 0) is 25.5 Å². The van der Waals surface area contributed by atoms with Crippen molar-refractivity contribution < 1.29 is 5.11 Å². The van der Waals surface area contributed by atoms with Gasteiger partial charge in [0.1, 0.15) is 5.82 Å². The number of β-amino-alcohol motifs (C(OH)–C–C–N with tert-alkyl or cyclic N) is 1. The number of hydrogen-bond acceptors (Lipinski definition) is 4. The van der Waals surface area contributed by atoms with Crippen LogP contribution in [-0.2, 0) is 0 Å². The van der Waals surface area contributed by atoms with Gasteiger partial charge in [0.05, 0.1) is 12.1 Å². The van der Waals surface area contributed by atoms with Crippen LogP contribution < -0.4 is 5.32 Å². The maximum absolute atomic E-state index is 9.61. The molecule has 3 rings (SSSR count). The lowest BCUT2D eigenvalue weighted by Crippen LogP contribution is -2.18. The summed E-state index contributed by atoms with van der Waals surface area (Å²) in [5.74, 6) is 1.73. The summed E-state index contributed by atoms with van der Waals surface area (Å²) >= 11 is 0. The molecule has 1 saturated heterocycles. The predicted octanol–water partition coefficient (Wildman–Crippen LogP) is 0.971. The fourth-order valence-electron chi connectivity index (χ4n) is 2.41. The van der Waals surface area contributed by atoms with E-state index in [1.165, 1.54) is 0 Å². The number of nitrogens with one attached hydrogen (secondary N) is 1. The fraction of sp³-hybridized carbons (Fsp3) is 0.385. The maximum Gasteiger partial charge on any atom is 0.154 e. The first kappa shape index (κ1) is 11.4. The van der Waals surface area contributed by atoms with Gasteiger partial charge in [-0.25, -0.2) is 0 Å². The Balaban J connectivity index is 2.02. The lowest BCUT2D eigenvalue weighted by Gasteiger charge is -2.13. The van der Waals surface area contributed by atoms with Crippen molar-refractivity contribution in [3.63, 3.8) is 0 Å². The number of aromatic nitrogens is 3. The van der Waals surface area contributed by atoms with E-state index in [4.69, 9.17) is 0 Å². The van der Waals surface area contributed by atoms with Crippen LogP contribution in [0.5, 0.6) is 0 Å². The number of aryl methyl sites for hydroxylation is 1. The molecule has 1 fully saturated rings. The molecule has 1 aromatic heterocycles. The predicted molar refractivity (Wildman–Crippen MR) is 67.5 cm³/mol. The van der Waals surface area contributed by atoms with Crippen LogP contribution in [0.15, 0.2) is 30.3 Å². The molecule has 0 bridgehead atoms. The second-order valence-electron chi connectivity index (χ2n) is 4.63. The minimum absolute atomic E-state index is 0.0707. The minimum atomic E-state index is -0.295. The molecule has 2 N–H and O–H groups in total. The Morgan fingerprint density at radius 1 is 1.28 bits per heavy atom. The molecule has 0 radical (unpaired) electrons.